The van der Waals surface area contributed by atoms with Gasteiger partial charge in [-0.25, -0.2) is 5.43 Å². The van der Waals surface area contributed by atoms with Gasteiger partial charge in [-0.15, -0.1) is 0 Å². The Morgan fingerprint density at radius 1 is 1.04 bits per heavy atom. The van der Waals surface area contributed by atoms with Crippen molar-refractivity contribution >= 4 is 22.9 Å². The number of benzene rings is 2. The Hall–Kier alpha value is -2.20. The number of rotatable bonds is 4. The van der Waals surface area contributed by atoms with E-state index in [0.29, 0.717) is 6.54 Å². The molecular formula is C19H23N3O. The molecule has 2 aromatic rings. The van der Waals surface area contributed by atoms with Gasteiger partial charge in [-0.05, 0) is 48.3 Å². The first-order valence-corrected chi connectivity index (χ1v) is 8.34. The van der Waals surface area contributed by atoms with Crippen molar-refractivity contribution in [3.05, 3.63) is 48.0 Å². The number of hydrazone groups is 1. The number of nitrogens with zero attached hydrogens (tertiary/aromatic N) is 2. The van der Waals surface area contributed by atoms with E-state index >= 15 is 0 Å². The molecule has 4 heteroatoms. The second kappa shape index (κ2) is 7.88. The highest BCUT2D eigenvalue weighted by Crippen LogP contribution is 2.14. The molecule has 0 aromatic heterocycles. The van der Waals surface area contributed by atoms with Crippen LogP contribution < -0.4 is 5.43 Å². The van der Waals surface area contributed by atoms with Crippen molar-refractivity contribution < 1.29 is 4.79 Å². The Balaban J connectivity index is 1.53. The Morgan fingerprint density at radius 2 is 1.78 bits per heavy atom. The Morgan fingerprint density at radius 3 is 2.57 bits per heavy atom. The summed E-state index contributed by atoms with van der Waals surface area (Å²) in [5.41, 5.74) is 3.62. The third-order valence-corrected chi connectivity index (χ3v) is 4.24. The van der Waals surface area contributed by atoms with Gasteiger partial charge in [-0.2, -0.15) is 5.10 Å². The van der Waals surface area contributed by atoms with Gasteiger partial charge < -0.3 is 0 Å². The van der Waals surface area contributed by atoms with Crippen molar-refractivity contribution in [3.8, 4) is 0 Å². The maximum absolute atomic E-state index is 12.0. The van der Waals surface area contributed by atoms with Crippen LogP contribution in [0.2, 0.25) is 0 Å². The summed E-state index contributed by atoms with van der Waals surface area (Å²) >= 11 is 0. The lowest BCUT2D eigenvalue weighted by Gasteiger charge is -2.17. The lowest BCUT2D eigenvalue weighted by Crippen LogP contribution is -2.35. The Bertz CT molecular complexity index is 688. The maximum Gasteiger partial charge on any atom is 0.254 e. The van der Waals surface area contributed by atoms with Gasteiger partial charge in [0.15, 0.2) is 0 Å². The number of hydrogen-bond acceptors (Lipinski definition) is 3. The molecule has 0 saturated carbocycles. The third kappa shape index (κ3) is 4.63. The molecule has 120 valence electrons. The van der Waals surface area contributed by atoms with Crippen LogP contribution in [0.15, 0.2) is 47.6 Å². The molecule has 1 saturated heterocycles. The van der Waals surface area contributed by atoms with Crippen LogP contribution in [0.3, 0.4) is 0 Å². The zero-order valence-corrected chi connectivity index (χ0v) is 13.4. The summed E-state index contributed by atoms with van der Waals surface area (Å²) in [6.07, 6.45) is 6.63. The fourth-order valence-electron chi connectivity index (χ4n) is 3.00. The minimum Gasteiger partial charge on any atom is -0.294 e. The van der Waals surface area contributed by atoms with E-state index < -0.39 is 0 Å². The van der Waals surface area contributed by atoms with E-state index in [1.807, 2.05) is 18.2 Å². The van der Waals surface area contributed by atoms with E-state index in [-0.39, 0.29) is 5.91 Å². The zero-order chi connectivity index (χ0) is 15.9. The van der Waals surface area contributed by atoms with Crippen LogP contribution in [-0.2, 0) is 4.79 Å². The number of nitrogens with one attached hydrogen (secondary N) is 1. The summed E-state index contributed by atoms with van der Waals surface area (Å²) < 4.78 is 0. The largest absolute Gasteiger partial charge is 0.294 e. The monoisotopic (exact) mass is 309 g/mol. The average molecular weight is 309 g/mol. The molecule has 1 aliphatic heterocycles. The van der Waals surface area contributed by atoms with Gasteiger partial charge in [-0.1, -0.05) is 49.2 Å². The molecule has 1 fully saturated rings. The van der Waals surface area contributed by atoms with Gasteiger partial charge in [0.05, 0.1) is 12.8 Å². The summed E-state index contributed by atoms with van der Waals surface area (Å²) in [5.74, 6) is -0.0380. The number of carbonyl (C=O) groups is 1. The van der Waals surface area contributed by atoms with Crippen molar-refractivity contribution in [1.29, 1.82) is 0 Å². The summed E-state index contributed by atoms with van der Waals surface area (Å²) in [6.45, 7) is 2.47. The predicted octanol–water partition coefficient (Wildman–Crippen LogP) is 3.17. The van der Waals surface area contributed by atoms with Crippen LogP contribution in [0, 0.1) is 0 Å². The molecule has 1 amide bonds. The van der Waals surface area contributed by atoms with Crippen molar-refractivity contribution in [2.45, 2.75) is 25.7 Å². The van der Waals surface area contributed by atoms with Crippen LogP contribution in [0.4, 0.5) is 0 Å². The molecule has 1 aliphatic rings. The lowest BCUT2D eigenvalue weighted by molar-refractivity contribution is -0.122. The van der Waals surface area contributed by atoms with Gasteiger partial charge in [0.25, 0.3) is 5.91 Å². The first-order valence-electron chi connectivity index (χ1n) is 8.34. The molecule has 0 unspecified atom stereocenters. The van der Waals surface area contributed by atoms with Crippen LogP contribution in [0.1, 0.15) is 31.2 Å². The maximum atomic E-state index is 12.0. The van der Waals surface area contributed by atoms with E-state index in [0.717, 1.165) is 18.7 Å². The highest BCUT2D eigenvalue weighted by molar-refractivity contribution is 5.90. The molecule has 1 N–H and O–H groups in total. The standard InChI is InChI=1S/C19H23N3O/c23-19(15-22-11-5-1-2-6-12-22)21-20-14-16-9-10-17-7-3-4-8-18(17)13-16/h3-4,7-10,13-14H,1-2,5-6,11-12,15H2,(H,21,23)/b20-14-. The van der Waals surface area contributed by atoms with E-state index in [4.69, 9.17) is 0 Å². The van der Waals surface area contributed by atoms with Gasteiger partial charge in [0.1, 0.15) is 0 Å². The third-order valence-electron chi connectivity index (χ3n) is 4.24. The van der Waals surface area contributed by atoms with Gasteiger partial charge >= 0.3 is 0 Å². The molecule has 0 spiro atoms. The minimum absolute atomic E-state index is 0.0380. The topological polar surface area (TPSA) is 44.7 Å². The predicted molar refractivity (Wildman–Crippen MR) is 94.6 cm³/mol. The first-order chi connectivity index (χ1) is 11.3. The lowest BCUT2D eigenvalue weighted by atomic mass is 10.1. The number of fused-ring (bicyclic) bond motifs is 1. The molecule has 4 nitrogen and oxygen atoms in total. The number of carbonyl (C=O) groups excluding carboxylic acids is 1. The fourth-order valence-corrected chi connectivity index (χ4v) is 3.00. The van der Waals surface area contributed by atoms with Crippen LogP contribution in [-0.4, -0.2) is 36.7 Å². The highest BCUT2D eigenvalue weighted by Gasteiger charge is 2.12. The van der Waals surface area contributed by atoms with Gasteiger partial charge in [-0.3, -0.25) is 9.69 Å². The van der Waals surface area contributed by atoms with Gasteiger partial charge in [0, 0.05) is 0 Å². The van der Waals surface area contributed by atoms with E-state index in [9.17, 15) is 4.79 Å². The number of amides is 1. The van der Waals surface area contributed by atoms with Crippen molar-refractivity contribution in [2.75, 3.05) is 19.6 Å². The van der Waals surface area contributed by atoms with E-state index in [2.05, 4.69) is 39.7 Å². The van der Waals surface area contributed by atoms with E-state index in [1.165, 1.54) is 36.5 Å². The molecule has 23 heavy (non-hydrogen) atoms. The average Bonchev–Trinajstić information content (AvgIpc) is 2.83. The second-order valence-corrected chi connectivity index (χ2v) is 6.09. The van der Waals surface area contributed by atoms with Crippen LogP contribution >= 0.6 is 0 Å². The molecule has 0 atom stereocenters. The molecule has 3 rings (SSSR count). The fraction of sp³-hybridized carbons (Fsp3) is 0.368. The zero-order valence-electron chi connectivity index (χ0n) is 13.4. The van der Waals surface area contributed by atoms with E-state index in [1.54, 1.807) is 6.21 Å². The number of hydrogen-bond donors (Lipinski definition) is 1. The summed E-state index contributed by atoms with van der Waals surface area (Å²) in [4.78, 5) is 14.2. The summed E-state index contributed by atoms with van der Waals surface area (Å²) in [7, 11) is 0. The highest BCUT2D eigenvalue weighted by atomic mass is 16.2. The smallest absolute Gasteiger partial charge is 0.254 e. The Kier molecular flexibility index (Phi) is 5.37. The molecular weight excluding hydrogens is 286 g/mol. The van der Waals surface area contributed by atoms with Gasteiger partial charge in [0.2, 0.25) is 0 Å². The molecule has 0 bridgehead atoms. The molecule has 2 aromatic carbocycles. The van der Waals surface area contributed by atoms with Crippen LogP contribution in [0.25, 0.3) is 10.8 Å². The summed E-state index contributed by atoms with van der Waals surface area (Å²) in [6, 6.07) is 14.3. The quantitative estimate of drug-likeness (QED) is 0.696. The SMILES string of the molecule is O=C(CN1CCCCCC1)N/N=C\c1ccc2ccccc2c1. The first kappa shape index (κ1) is 15.7. The Labute approximate surface area is 137 Å². The molecule has 1 heterocycles. The number of likely N-dealkylation sites (tertiary alicyclic amines) is 1. The van der Waals surface area contributed by atoms with Crippen molar-refractivity contribution in [1.82, 2.24) is 10.3 Å². The normalized spacial score (nSPS) is 16.5. The van der Waals surface area contributed by atoms with Crippen molar-refractivity contribution in [3.63, 3.8) is 0 Å². The van der Waals surface area contributed by atoms with Crippen molar-refractivity contribution in [2.24, 2.45) is 5.10 Å². The minimum atomic E-state index is -0.0380. The molecule has 0 aliphatic carbocycles. The van der Waals surface area contributed by atoms with Crippen LogP contribution in [0.5, 0.6) is 0 Å². The molecule has 0 radical (unpaired) electrons. The summed E-state index contributed by atoms with van der Waals surface area (Å²) in [5, 5.41) is 6.46. The second-order valence-electron chi connectivity index (χ2n) is 6.09.